The monoisotopic (exact) mass is 679 g/mol. The normalized spacial score (nSPS) is 12.1. The maximum atomic E-state index is 12.1. The van der Waals surface area contributed by atoms with E-state index in [9.17, 15) is 14.7 Å². The summed E-state index contributed by atoms with van der Waals surface area (Å²) in [5.74, 6) is -0.591. The number of carbonyl (C=O) groups is 2. The third kappa shape index (κ3) is 37.5. The van der Waals surface area contributed by atoms with Crippen LogP contribution in [0, 0.1) is 0 Å². The number of hydrogen-bond acceptors (Lipinski definition) is 5. The van der Waals surface area contributed by atoms with Crippen LogP contribution in [0.2, 0.25) is 0 Å². The first-order valence-electron chi connectivity index (χ1n) is 21.2. The fourth-order valence-corrected chi connectivity index (χ4v) is 6.30. The van der Waals surface area contributed by atoms with Crippen LogP contribution in [0.5, 0.6) is 0 Å². The molecular formula is C43H82O5. The number of carbonyl (C=O) groups excluding carboxylic acids is 2. The number of unbranched alkanes of at least 4 members (excludes halogenated alkanes) is 29. The molecule has 0 saturated heterocycles. The summed E-state index contributed by atoms with van der Waals surface area (Å²) in [6, 6.07) is 0. The second kappa shape index (κ2) is 40.1. The highest BCUT2D eigenvalue weighted by molar-refractivity contribution is 5.70. The summed E-state index contributed by atoms with van der Waals surface area (Å²) in [5, 5.41) is 9.54. The van der Waals surface area contributed by atoms with Crippen molar-refractivity contribution in [2.45, 2.75) is 238 Å². The molecule has 0 aliphatic rings. The van der Waals surface area contributed by atoms with E-state index in [2.05, 4.69) is 26.0 Å². The smallest absolute Gasteiger partial charge is 0.306 e. The minimum absolute atomic E-state index is 0.0633. The van der Waals surface area contributed by atoms with Crippen LogP contribution >= 0.6 is 0 Å². The molecule has 48 heavy (non-hydrogen) atoms. The molecule has 0 aromatic heterocycles. The van der Waals surface area contributed by atoms with Gasteiger partial charge in [0.1, 0.15) is 6.61 Å². The SMILES string of the molecule is CCCC/C=C/CCCCCCCC(=O)O[C@@H](CO)COC(=O)CCCCCCCCCCCCCCCCCCCCCCCCC. The Kier molecular flexibility index (Phi) is 38.9. The van der Waals surface area contributed by atoms with E-state index in [0.717, 1.165) is 38.5 Å². The van der Waals surface area contributed by atoms with Gasteiger partial charge in [-0.2, -0.15) is 0 Å². The van der Waals surface area contributed by atoms with Crippen molar-refractivity contribution in [3.8, 4) is 0 Å². The van der Waals surface area contributed by atoms with Gasteiger partial charge in [-0.3, -0.25) is 9.59 Å². The number of hydrogen-bond donors (Lipinski definition) is 1. The maximum Gasteiger partial charge on any atom is 0.306 e. The lowest BCUT2D eigenvalue weighted by Crippen LogP contribution is -2.28. The Bertz CT molecular complexity index is 691. The number of aliphatic hydroxyl groups is 1. The van der Waals surface area contributed by atoms with Crippen molar-refractivity contribution in [2.24, 2.45) is 0 Å². The highest BCUT2D eigenvalue weighted by atomic mass is 16.6. The van der Waals surface area contributed by atoms with Gasteiger partial charge in [-0.15, -0.1) is 0 Å². The van der Waals surface area contributed by atoms with Gasteiger partial charge in [0, 0.05) is 12.8 Å². The van der Waals surface area contributed by atoms with Crippen LogP contribution in [-0.4, -0.2) is 36.4 Å². The Morgan fingerprint density at radius 3 is 1.19 bits per heavy atom. The van der Waals surface area contributed by atoms with Crippen molar-refractivity contribution >= 4 is 11.9 Å². The minimum atomic E-state index is -0.768. The van der Waals surface area contributed by atoms with E-state index in [-0.39, 0.29) is 25.2 Å². The largest absolute Gasteiger partial charge is 0.462 e. The second-order valence-corrected chi connectivity index (χ2v) is 14.4. The van der Waals surface area contributed by atoms with Crippen LogP contribution in [0.1, 0.15) is 232 Å². The highest BCUT2D eigenvalue weighted by Crippen LogP contribution is 2.16. The molecule has 0 aromatic rings. The van der Waals surface area contributed by atoms with Crippen molar-refractivity contribution < 1.29 is 24.2 Å². The molecular weight excluding hydrogens is 596 g/mol. The summed E-state index contributed by atoms with van der Waals surface area (Å²) >= 11 is 0. The van der Waals surface area contributed by atoms with E-state index < -0.39 is 6.10 Å². The minimum Gasteiger partial charge on any atom is -0.462 e. The lowest BCUT2D eigenvalue weighted by molar-refractivity contribution is -0.161. The van der Waals surface area contributed by atoms with E-state index in [4.69, 9.17) is 9.47 Å². The van der Waals surface area contributed by atoms with Gasteiger partial charge in [0.05, 0.1) is 6.61 Å². The van der Waals surface area contributed by atoms with Crippen molar-refractivity contribution in [3.63, 3.8) is 0 Å². The Morgan fingerprint density at radius 2 is 0.792 bits per heavy atom. The van der Waals surface area contributed by atoms with Crippen LogP contribution in [0.4, 0.5) is 0 Å². The van der Waals surface area contributed by atoms with Crippen LogP contribution in [-0.2, 0) is 19.1 Å². The van der Waals surface area contributed by atoms with E-state index in [1.54, 1.807) is 0 Å². The predicted molar refractivity (Wildman–Crippen MR) is 205 cm³/mol. The quantitative estimate of drug-likeness (QED) is 0.0398. The molecule has 0 fully saturated rings. The fraction of sp³-hybridized carbons (Fsp3) is 0.907. The topological polar surface area (TPSA) is 72.8 Å². The molecule has 0 heterocycles. The zero-order chi connectivity index (χ0) is 35.0. The molecule has 1 N–H and O–H groups in total. The van der Waals surface area contributed by atoms with Gasteiger partial charge in [-0.05, 0) is 32.1 Å². The van der Waals surface area contributed by atoms with E-state index in [1.807, 2.05) is 0 Å². The molecule has 0 saturated carbocycles. The molecule has 0 spiro atoms. The molecule has 0 unspecified atom stereocenters. The van der Waals surface area contributed by atoms with Crippen molar-refractivity contribution in [2.75, 3.05) is 13.2 Å². The van der Waals surface area contributed by atoms with Gasteiger partial charge in [-0.25, -0.2) is 0 Å². The van der Waals surface area contributed by atoms with Crippen LogP contribution < -0.4 is 0 Å². The van der Waals surface area contributed by atoms with Crippen molar-refractivity contribution in [1.29, 1.82) is 0 Å². The first-order chi connectivity index (χ1) is 23.6. The van der Waals surface area contributed by atoms with Crippen LogP contribution in [0.15, 0.2) is 12.2 Å². The Morgan fingerprint density at radius 1 is 0.458 bits per heavy atom. The lowest BCUT2D eigenvalue weighted by atomic mass is 10.0. The average Bonchev–Trinajstić information content (AvgIpc) is 3.09. The summed E-state index contributed by atoms with van der Waals surface area (Å²) in [6.45, 7) is 4.11. The lowest BCUT2D eigenvalue weighted by Gasteiger charge is -2.15. The summed E-state index contributed by atoms with van der Waals surface area (Å²) in [4.78, 5) is 24.2. The molecule has 0 amide bonds. The summed E-state index contributed by atoms with van der Waals surface area (Å²) in [6.07, 6.45) is 45.8. The van der Waals surface area contributed by atoms with Crippen molar-refractivity contribution in [3.05, 3.63) is 12.2 Å². The summed E-state index contributed by atoms with van der Waals surface area (Å²) in [5.41, 5.74) is 0. The highest BCUT2D eigenvalue weighted by Gasteiger charge is 2.16. The van der Waals surface area contributed by atoms with Gasteiger partial charge in [0.25, 0.3) is 0 Å². The van der Waals surface area contributed by atoms with E-state index in [1.165, 1.54) is 167 Å². The fourth-order valence-electron chi connectivity index (χ4n) is 6.30. The second-order valence-electron chi connectivity index (χ2n) is 14.4. The molecule has 1 atom stereocenters. The third-order valence-corrected chi connectivity index (χ3v) is 9.56. The zero-order valence-corrected chi connectivity index (χ0v) is 32.3. The van der Waals surface area contributed by atoms with Crippen LogP contribution in [0.3, 0.4) is 0 Å². The number of rotatable bonds is 39. The molecule has 284 valence electrons. The number of aliphatic hydroxyl groups excluding tert-OH is 1. The first kappa shape index (κ1) is 46.6. The van der Waals surface area contributed by atoms with E-state index >= 15 is 0 Å². The van der Waals surface area contributed by atoms with Crippen molar-refractivity contribution in [1.82, 2.24) is 0 Å². The molecule has 0 aliphatic carbocycles. The van der Waals surface area contributed by atoms with Gasteiger partial charge in [0.15, 0.2) is 6.10 Å². The molecule has 5 nitrogen and oxygen atoms in total. The predicted octanol–water partition coefficient (Wildman–Crippen LogP) is 13.3. The molecule has 5 heteroatoms. The number of esters is 2. The average molecular weight is 679 g/mol. The van der Waals surface area contributed by atoms with Gasteiger partial charge in [-0.1, -0.05) is 199 Å². The maximum absolute atomic E-state index is 12.1. The number of ether oxygens (including phenoxy) is 2. The molecule has 0 rings (SSSR count). The standard InChI is InChI=1S/C43H82O5/c1-3-5-7-9-11-13-15-16-17-18-19-20-21-22-23-24-25-26-28-29-31-33-35-37-42(45)47-40-41(39-44)48-43(46)38-36-34-32-30-27-14-12-10-8-6-4-2/h10,12,41,44H,3-9,11,13-40H2,1-2H3/b12-10+/t41-/m0/s1. The summed E-state index contributed by atoms with van der Waals surface area (Å²) in [7, 11) is 0. The summed E-state index contributed by atoms with van der Waals surface area (Å²) < 4.78 is 10.6. The van der Waals surface area contributed by atoms with Crippen LogP contribution in [0.25, 0.3) is 0 Å². The molecule has 0 aliphatic heterocycles. The Hall–Kier alpha value is -1.36. The Balaban J connectivity index is 3.44. The first-order valence-corrected chi connectivity index (χ1v) is 21.2. The van der Waals surface area contributed by atoms with Gasteiger partial charge < -0.3 is 14.6 Å². The zero-order valence-electron chi connectivity index (χ0n) is 32.3. The third-order valence-electron chi connectivity index (χ3n) is 9.56. The van der Waals surface area contributed by atoms with Gasteiger partial charge in [0.2, 0.25) is 0 Å². The Labute approximate surface area is 299 Å². The number of allylic oxidation sites excluding steroid dienone is 2. The van der Waals surface area contributed by atoms with E-state index in [0.29, 0.717) is 12.8 Å². The molecule has 0 aromatic carbocycles. The van der Waals surface area contributed by atoms with Gasteiger partial charge >= 0.3 is 11.9 Å². The molecule has 0 bridgehead atoms. The molecule has 0 radical (unpaired) electrons.